The average molecular weight is 346 g/mol. The minimum atomic E-state index is -0.620. The van der Waals surface area contributed by atoms with Crippen molar-refractivity contribution in [2.24, 2.45) is 5.92 Å². The number of likely N-dealkylation sites (N-methyl/N-ethyl adjacent to an activating group) is 2. The summed E-state index contributed by atoms with van der Waals surface area (Å²) in [6, 6.07) is 0. The highest BCUT2D eigenvalue weighted by Crippen LogP contribution is 2.03. The van der Waals surface area contributed by atoms with Crippen LogP contribution in [-0.2, 0) is 23.8 Å². The number of carbonyl (C=O) groups is 3. The van der Waals surface area contributed by atoms with E-state index in [0.717, 1.165) is 17.7 Å². The molecule has 140 valence electrons. The number of hydrogen-bond acceptors (Lipinski definition) is 6. The average Bonchev–Trinajstić information content (AvgIpc) is 2.51. The zero-order valence-corrected chi connectivity index (χ0v) is 15.4. The third-order valence-electron chi connectivity index (χ3n) is 3.18. The molecule has 8 heteroatoms. The fourth-order valence-corrected chi connectivity index (χ4v) is 1.72. The number of ether oxygens (including phenoxy) is 3. The number of esters is 1. The first kappa shape index (κ1) is 22.2. The number of carbonyl (C=O) groups excluding carboxylic acids is 3. The zero-order chi connectivity index (χ0) is 18.5. The summed E-state index contributed by atoms with van der Waals surface area (Å²) in [4.78, 5) is 37.6. The fraction of sp³-hybridized carbons (Fsp3) is 0.812. The van der Waals surface area contributed by atoms with Gasteiger partial charge in [0.25, 0.3) is 0 Å². The van der Waals surface area contributed by atoms with Gasteiger partial charge >= 0.3 is 12.1 Å². The molecule has 0 rings (SSSR count). The molecule has 0 atom stereocenters. The third-order valence-corrected chi connectivity index (χ3v) is 3.18. The molecule has 0 aromatic heterocycles. The molecule has 0 heterocycles. The molecule has 24 heavy (non-hydrogen) atoms. The van der Waals surface area contributed by atoms with Crippen LogP contribution in [0.15, 0.2) is 0 Å². The minimum absolute atomic E-state index is 0.117. The van der Waals surface area contributed by atoms with Crippen molar-refractivity contribution in [3.05, 3.63) is 0 Å². The van der Waals surface area contributed by atoms with Crippen LogP contribution in [0, 0.1) is 5.92 Å². The molecular formula is C16H30N2O6. The van der Waals surface area contributed by atoms with Crippen molar-refractivity contribution < 1.29 is 28.6 Å². The molecule has 2 amide bonds. The second kappa shape index (κ2) is 12.6. The lowest BCUT2D eigenvalue weighted by atomic mass is 10.1. The summed E-state index contributed by atoms with van der Waals surface area (Å²) in [6.07, 6.45) is 1.17. The lowest BCUT2D eigenvalue weighted by Gasteiger charge is -2.21. The highest BCUT2D eigenvalue weighted by atomic mass is 16.6. The summed E-state index contributed by atoms with van der Waals surface area (Å²) in [7, 11) is 4.44. The van der Waals surface area contributed by atoms with Gasteiger partial charge in [0.2, 0.25) is 5.91 Å². The quantitative estimate of drug-likeness (QED) is 0.412. The number of rotatable bonds is 11. The summed E-state index contributed by atoms with van der Waals surface area (Å²) >= 11 is 0. The first-order chi connectivity index (χ1) is 11.3. The van der Waals surface area contributed by atoms with E-state index < -0.39 is 12.1 Å². The highest BCUT2D eigenvalue weighted by molar-refractivity contribution is 5.85. The van der Waals surface area contributed by atoms with E-state index in [1.807, 2.05) is 0 Å². The Hall–Kier alpha value is -1.83. The molecule has 0 aliphatic rings. The van der Waals surface area contributed by atoms with E-state index >= 15 is 0 Å². The van der Waals surface area contributed by atoms with E-state index in [1.165, 1.54) is 26.1 Å². The number of hydrogen-bond donors (Lipinski definition) is 0. The minimum Gasteiger partial charge on any atom is -0.464 e. The molecule has 0 radical (unpaired) electrons. The van der Waals surface area contributed by atoms with Gasteiger partial charge in [-0.3, -0.25) is 9.59 Å². The Bertz CT molecular complexity index is 400. The zero-order valence-electron chi connectivity index (χ0n) is 15.4. The van der Waals surface area contributed by atoms with E-state index in [4.69, 9.17) is 14.2 Å². The smallest absolute Gasteiger partial charge is 0.410 e. The van der Waals surface area contributed by atoms with Crippen LogP contribution in [0.25, 0.3) is 0 Å². The molecule has 0 aliphatic carbocycles. The molecule has 0 aromatic rings. The highest BCUT2D eigenvalue weighted by Gasteiger charge is 2.19. The Morgan fingerprint density at radius 1 is 0.917 bits per heavy atom. The monoisotopic (exact) mass is 346 g/mol. The van der Waals surface area contributed by atoms with E-state index in [1.54, 1.807) is 0 Å². The molecule has 0 saturated heterocycles. The molecule has 0 saturated carbocycles. The van der Waals surface area contributed by atoms with Gasteiger partial charge in [0.15, 0.2) is 0 Å². The van der Waals surface area contributed by atoms with Crippen molar-refractivity contribution in [3.63, 3.8) is 0 Å². The summed E-state index contributed by atoms with van der Waals surface area (Å²) in [5.74, 6) is -0.271. The van der Waals surface area contributed by atoms with Crippen LogP contribution in [0.2, 0.25) is 0 Å². The van der Waals surface area contributed by atoms with Crippen molar-refractivity contribution in [2.75, 3.05) is 54.1 Å². The van der Waals surface area contributed by atoms with E-state index in [9.17, 15) is 14.4 Å². The van der Waals surface area contributed by atoms with Crippen molar-refractivity contribution in [2.45, 2.75) is 26.7 Å². The molecule has 0 aromatic carbocycles. The Morgan fingerprint density at radius 3 is 2.17 bits per heavy atom. The predicted molar refractivity (Wildman–Crippen MR) is 88.5 cm³/mol. The van der Waals surface area contributed by atoms with Gasteiger partial charge in [-0.2, -0.15) is 0 Å². The van der Waals surface area contributed by atoms with Crippen LogP contribution >= 0.6 is 0 Å². The van der Waals surface area contributed by atoms with Crippen LogP contribution in [0.1, 0.15) is 26.7 Å². The van der Waals surface area contributed by atoms with Crippen molar-refractivity contribution in [1.29, 1.82) is 0 Å². The molecule has 0 N–H and O–H groups in total. The SMILES string of the molecule is COCCOC(=O)N(C)CC(=O)N(C)CC(=O)OCCCC(C)C. The maximum Gasteiger partial charge on any atom is 0.410 e. The standard InChI is InChI=1S/C16H30N2O6/c1-13(2)7-6-8-23-15(20)12-17(3)14(19)11-18(4)16(21)24-10-9-22-5/h13H,6-12H2,1-5H3. The van der Waals surface area contributed by atoms with Gasteiger partial charge in [-0.15, -0.1) is 0 Å². The first-order valence-electron chi connectivity index (χ1n) is 8.04. The lowest BCUT2D eigenvalue weighted by Crippen LogP contribution is -2.42. The molecular weight excluding hydrogens is 316 g/mol. The van der Waals surface area contributed by atoms with E-state index in [2.05, 4.69) is 13.8 Å². The number of amides is 2. The summed E-state index contributed by atoms with van der Waals surface area (Å²) in [6.45, 7) is 4.64. The van der Waals surface area contributed by atoms with Crippen molar-refractivity contribution >= 4 is 18.0 Å². The molecule has 0 bridgehead atoms. The predicted octanol–water partition coefficient (Wildman–Crippen LogP) is 1.14. The van der Waals surface area contributed by atoms with Crippen molar-refractivity contribution in [3.8, 4) is 0 Å². The van der Waals surface area contributed by atoms with Gasteiger partial charge in [0.1, 0.15) is 19.7 Å². The second-order valence-electron chi connectivity index (χ2n) is 5.97. The van der Waals surface area contributed by atoms with Gasteiger partial charge in [0.05, 0.1) is 13.2 Å². The van der Waals surface area contributed by atoms with Crippen LogP contribution in [-0.4, -0.2) is 81.9 Å². The summed E-state index contributed by atoms with van der Waals surface area (Å²) in [5, 5.41) is 0. The molecule has 8 nitrogen and oxygen atoms in total. The largest absolute Gasteiger partial charge is 0.464 e. The summed E-state index contributed by atoms with van der Waals surface area (Å²) < 4.78 is 14.7. The Morgan fingerprint density at radius 2 is 1.58 bits per heavy atom. The van der Waals surface area contributed by atoms with Gasteiger partial charge in [-0.05, 0) is 18.8 Å². The number of methoxy groups -OCH3 is 1. The lowest BCUT2D eigenvalue weighted by molar-refractivity contribution is -0.148. The normalized spacial score (nSPS) is 10.4. The summed E-state index contributed by atoms with van der Waals surface area (Å²) in [5.41, 5.74) is 0. The third kappa shape index (κ3) is 10.8. The maximum absolute atomic E-state index is 12.0. The van der Waals surface area contributed by atoms with Gasteiger partial charge in [0, 0.05) is 21.2 Å². The van der Waals surface area contributed by atoms with Crippen LogP contribution in [0.5, 0.6) is 0 Å². The Kier molecular flexibility index (Phi) is 11.6. The van der Waals surface area contributed by atoms with Gasteiger partial charge in [-0.25, -0.2) is 4.79 Å². The number of nitrogens with zero attached hydrogens (tertiary/aromatic N) is 2. The van der Waals surface area contributed by atoms with E-state index in [0.29, 0.717) is 12.5 Å². The first-order valence-corrected chi connectivity index (χ1v) is 8.04. The Labute approximate surface area is 144 Å². The Balaban J connectivity index is 4.04. The molecule has 0 unspecified atom stereocenters. The maximum atomic E-state index is 12.0. The second-order valence-corrected chi connectivity index (χ2v) is 5.97. The molecule has 0 spiro atoms. The van der Waals surface area contributed by atoms with Crippen LogP contribution in [0.3, 0.4) is 0 Å². The van der Waals surface area contributed by atoms with Crippen LogP contribution < -0.4 is 0 Å². The van der Waals surface area contributed by atoms with Gasteiger partial charge < -0.3 is 24.0 Å². The van der Waals surface area contributed by atoms with Crippen molar-refractivity contribution in [1.82, 2.24) is 9.80 Å². The topological polar surface area (TPSA) is 85.4 Å². The van der Waals surface area contributed by atoms with Crippen LogP contribution in [0.4, 0.5) is 4.79 Å². The fourth-order valence-electron chi connectivity index (χ4n) is 1.72. The van der Waals surface area contributed by atoms with E-state index in [-0.39, 0.29) is 32.2 Å². The van der Waals surface area contributed by atoms with Gasteiger partial charge in [-0.1, -0.05) is 13.8 Å². The molecule has 0 fully saturated rings. The molecule has 0 aliphatic heterocycles.